The van der Waals surface area contributed by atoms with E-state index in [4.69, 9.17) is 32.4 Å². The molecule has 3 aliphatic heterocycles. The number of nitrogens with two attached hydrogens (primary N) is 4. The van der Waals surface area contributed by atoms with E-state index in [9.17, 15) is 34.5 Å². The number of nitrogens with one attached hydrogen (secondary N) is 5. The Balaban J connectivity index is 1.56. The molecule has 0 aliphatic carbocycles. The van der Waals surface area contributed by atoms with Crippen LogP contribution in [0.3, 0.4) is 0 Å². The monoisotopic (exact) mass is 630 g/mol. The number of hydrogen-bond acceptors (Lipinski definition) is 15. The SMILES string of the molecule is NCCCC(N)CC(=O)NCCCC(N)CC(=O)N[C@@H]1[C@H](O)[C@@H](OC(N)=O)[C@@H](CO)O[C@H]1N[C@@H]1N[C@H]2[C@H](O)C=NC(=O)[C@@H]2N1. The third kappa shape index (κ3) is 10.1. The van der Waals surface area contributed by atoms with Gasteiger partial charge in [-0.1, -0.05) is 0 Å². The number of hydrogen-bond donors (Lipinski definition) is 12. The standard InChI is InChI=1S/C25H46N10O9/c26-5-1-3-11(27)7-15(38)30-6-2-4-12(28)8-16(39)32-19-20(40)21(44-24(29)42)14(10-36)43-23(19)35-25-33-17-13(37)9-31-22(41)18(17)34-25/h9,11-14,17-21,23,25,33-37,40H,1-8,10,26-28H2,(H2,29,42)(H,30,38)(H,32,39)/t11?,12?,13-,14-,17+,18-,19-,20+,21+,23-,25-/m1/s1. The number of aliphatic hydroxyl groups is 3. The Morgan fingerprint density at radius 1 is 1.09 bits per heavy atom. The van der Waals surface area contributed by atoms with E-state index in [0.29, 0.717) is 32.4 Å². The lowest BCUT2D eigenvalue weighted by atomic mass is 9.95. The van der Waals surface area contributed by atoms with Crippen LogP contribution in [0.25, 0.3) is 0 Å². The summed E-state index contributed by atoms with van der Waals surface area (Å²) in [6.07, 6.45) is -5.13. The van der Waals surface area contributed by atoms with Crippen molar-refractivity contribution in [2.75, 3.05) is 19.7 Å². The summed E-state index contributed by atoms with van der Waals surface area (Å²) in [6.45, 7) is 0.185. The molecule has 3 rings (SSSR count). The van der Waals surface area contributed by atoms with Gasteiger partial charge in [0, 0.05) is 37.7 Å². The molecule has 19 nitrogen and oxygen atoms in total. The summed E-state index contributed by atoms with van der Waals surface area (Å²) in [7, 11) is 0. The van der Waals surface area contributed by atoms with Gasteiger partial charge in [-0.15, -0.1) is 0 Å². The van der Waals surface area contributed by atoms with Crippen LogP contribution in [-0.4, -0.2) is 132 Å². The van der Waals surface area contributed by atoms with Gasteiger partial charge in [0.05, 0.1) is 18.7 Å². The third-order valence-corrected chi connectivity index (χ3v) is 7.61. The number of rotatable bonds is 16. The molecule has 2 fully saturated rings. The predicted molar refractivity (Wildman–Crippen MR) is 154 cm³/mol. The number of aliphatic hydroxyl groups excluding tert-OH is 3. The summed E-state index contributed by atoms with van der Waals surface area (Å²) < 4.78 is 10.8. The van der Waals surface area contributed by atoms with Crippen LogP contribution in [0.2, 0.25) is 0 Å². The van der Waals surface area contributed by atoms with Gasteiger partial charge in [-0.3, -0.25) is 30.3 Å². The summed E-state index contributed by atoms with van der Waals surface area (Å²) in [4.78, 5) is 52.3. The van der Waals surface area contributed by atoms with E-state index in [1.807, 2.05) is 0 Å². The highest BCUT2D eigenvalue weighted by Gasteiger charge is 2.50. The number of aliphatic imine (C=N–C) groups is 1. The lowest BCUT2D eigenvalue weighted by Crippen LogP contribution is -2.71. The number of fused-ring (bicyclic) bond motifs is 1. The summed E-state index contributed by atoms with van der Waals surface area (Å²) >= 11 is 0. The molecule has 250 valence electrons. The van der Waals surface area contributed by atoms with E-state index >= 15 is 0 Å². The lowest BCUT2D eigenvalue weighted by Gasteiger charge is -2.44. The van der Waals surface area contributed by atoms with Crippen molar-refractivity contribution >= 4 is 30.0 Å². The van der Waals surface area contributed by atoms with Crippen molar-refractivity contribution in [1.29, 1.82) is 0 Å². The first-order valence-electron chi connectivity index (χ1n) is 14.7. The molecular weight excluding hydrogens is 584 g/mol. The fourth-order valence-corrected chi connectivity index (χ4v) is 5.38. The van der Waals surface area contributed by atoms with Gasteiger partial charge in [0.25, 0.3) is 5.91 Å². The maximum atomic E-state index is 13.0. The Bertz CT molecular complexity index is 1020. The normalized spacial score (nSPS) is 32.9. The van der Waals surface area contributed by atoms with E-state index in [1.54, 1.807) is 0 Å². The average Bonchev–Trinajstić information content (AvgIpc) is 3.40. The highest BCUT2D eigenvalue weighted by molar-refractivity contribution is 5.94. The largest absolute Gasteiger partial charge is 0.441 e. The summed E-state index contributed by atoms with van der Waals surface area (Å²) in [5, 5.41) is 45.4. The molecule has 3 aliphatic rings. The molecule has 0 bridgehead atoms. The van der Waals surface area contributed by atoms with E-state index in [1.165, 1.54) is 0 Å². The highest BCUT2D eigenvalue weighted by Crippen LogP contribution is 2.24. The first-order valence-corrected chi connectivity index (χ1v) is 14.7. The van der Waals surface area contributed by atoms with Gasteiger partial charge in [0.1, 0.15) is 36.9 Å². The molecule has 2 unspecified atom stereocenters. The van der Waals surface area contributed by atoms with Crippen LogP contribution in [0.1, 0.15) is 38.5 Å². The highest BCUT2D eigenvalue weighted by atomic mass is 16.6. The molecule has 2 saturated heterocycles. The second kappa shape index (κ2) is 17.0. The molecule has 11 atom stereocenters. The number of nitrogens with zero attached hydrogens (tertiary/aromatic N) is 1. The van der Waals surface area contributed by atoms with Gasteiger partial charge >= 0.3 is 6.09 Å². The Hall–Kier alpha value is -2.85. The Labute approximate surface area is 254 Å². The zero-order chi connectivity index (χ0) is 32.4. The molecule has 0 aromatic rings. The van der Waals surface area contributed by atoms with Crippen LogP contribution < -0.4 is 49.5 Å². The summed E-state index contributed by atoms with van der Waals surface area (Å²) in [6, 6.07) is -3.68. The van der Waals surface area contributed by atoms with Crippen molar-refractivity contribution in [2.24, 2.45) is 27.9 Å². The molecular formula is C25H46N10O9. The second-order valence-corrected chi connectivity index (χ2v) is 11.2. The molecule has 0 spiro atoms. The Morgan fingerprint density at radius 2 is 1.77 bits per heavy atom. The van der Waals surface area contributed by atoms with Gasteiger partial charge in [0.2, 0.25) is 11.8 Å². The van der Waals surface area contributed by atoms with Crippen molar-refractivity contribution in [1.82, 2.24) is 26.6 Å². The molecule has 0 radical (unpaired) electrons. The van der Waals surface area contributed by atoms with E-state index in [0.717, 1.165) is 12.6 Å². The van der Waals surface area contributed by atoms with Crippen LogP contribution >= 0.6 is 0 Å². The summed E-state index contributed by atoms with van der Waals surface area (Å²) in [5.74, 6) is -1.25. The number of primary amides is 1. The summed E-state index contributed by atoms with van der Waals surface area (Å²) in [5.41, 5.74) is 22.6. The molecule has 16 N–H and O–H groups in total. The zero-order valence-electron chi connectivity index (χ0n) is 24.3. The zero-order valence-corrected chi connectivity index (χ0v) is 24.3. The maximum Gasteiger partial charge on any atom is 0.404 e. The molecule has 0 saturated carbocycles. The van der Waals surface area contributed by atoms with Crippen LogP contribution in [0.15, 0.2) is 4.99 Å². The first-order chi connectivity index (χ1) is 20.9. The smallest absolute Gasteiger partial charge is 0.404 e. The molecule has 3 heterocycles. The minimum absolute atomic E-state index is 0.152. The minimum Gasteiger partial charge on any atom is -0.441 e. The topological polar surface area (TPSA) is 324 Å². The molecule has 4 amide bonds. The number of ether oxygens (including phenoxy) is 2. The fourth-order valence-electron chi connectivity index (χ4n) is 5.38. The molecule has 19 heteroatoms. The van der Waals surface area contributed by atoms with Gasteiger partial charge in [0.15, 0.2) is 6.10 Å². The lowest BCUT2D eigenvalue weighted by molar-refractivity contribution is -0.204. The average molecular weight is 631 g/mol. The van der Waals surface area contributed by atoms with Gasteiger partial charge in [-0.25, -0.2) is 9.79 Å². The fraction of sp³-hybridized carbons (Fsp3) is 0.800. The van der Waals surface area contributed by atoms with E-state index in [-0.39, 0.29) is 24.8 Å². The van der Waals surface area contributed by atoms with Crippen LogP contribution in [0, 0.1) is 0 Å². The second-order valence-electron chi connectivity index (χ2n) is 11.2. The Morgan fingerprint density at radius 3 is 2.41 bits per heavy atom. The molecule has 0 aromatic heterocycles. The van der Waals surface area contributed by atoms with Crippen molar-refractivity contribution in [2.45, 2.75) is 106 Å². The quantitative estimate of drug-likeness (QED) is 0.0706. The van der Waals surface area contributed by atoms with Crippen LogP contribution in [-0.2, 0) is 23.9 Å². The Kier molecular flexibility index (Phi) is 13.8. The minimum atomic E-state index is -1.59. The maximum absolute atomic E-state index is 13.0. The predicted octanol–water partition coefficient (Wildman–Crippen LogP) is -6.14. The molecule has 0 aromatic carbocycles. The van der Waals surface area contributed by atoms with Crippen molar-refractivity contribution in [3.8, 4) is 0 Å². The van der Waals surface area contributed by atoms with Crippen molar-refractivity contribution < 1.29 is 44.0 Å². The number of carbonyl (C=O) groups excluding carboxylic acids is 4. The van der Waals surface area contributed by atoms with Gasteiger partial charge in [-0.05, 0) is 32.2 Å². The number of carbonyl (C=O) groups is 4. The van der Waals surface area contributed by atoms with Gasteiger partial charge in [-0.2, -0.15) is 0 Å². The van der Waals surface area contributed by atoms with Gasteiger partial charge < -0.3 is 58.4 Å². The first kappa shape index (κ1) is 35.6. The number of amides is 4. The van der Waals surface area contributed by atoms with Crippen molar-refractivity contribution in [3.05, 3.63) is 0 Å². The van der Waals surface area contributed by atoms with E-state index < -0.39 is 85.6 Å². The molecule has 44 heavy (non-hydrogen) atoms. The van der Waals surface area contributed by atoms with E-state index in [2.05, 4.69) is 31.6 Å². The van der Waals surface area contributed by atoms with Crippen LogP contribution in [0.4, 0.5) is 4.79 Å². The third-order valence-electron chi connectivity index (χ3n) is 7.61. The van der Waals surface area contributed by atoms with Crippen LogP contribution in [0.5, 0.6) is 0 Å². The van der Waals surface area contributed by atoms with Crippen molar-refractivity contribution in [3.63, 3.8) is 0 Å².